The first-order valence-corrected chi connectivity index (χ1v) is 7.31. The van der Waals surface area contributed by atoms with Crippen molar-refractivity contribution in [3.8, 4) is 11.4 Å². The fourth-order valence-corrected chi connectivity index (χ4v) is 2.14. The molecule has 0 spiro atoms. The van der Waals surface area contributed by atoms with Gasteiger partial charge in [-0.15, -0.1) is 5.10 Å². The van der Waals surface area contributed by atoms with E-state index in [0.29, 0.717) is 11.4 Å². The number of aromatic hydroxyl groups is 1. The van der Waals surface area contributed by atoms with Gasteiger partial charge in [-0.3, -0.25) is 0 Å². The van der Waals surface area contributed by atoms with Gasteiger partial charge in [-0.2, -0.15) is 18.2 Å². The van der Waals surface area contributed by atoms with Crippen LogP contribution in [-0.2, 0) is 6.18 Å². The zero-order valence-corrected chi connectivity index (χ0v) is 13.4. The van der Waals surface area contributed by atoms with E-state index in [9.17, 15) is 18.3 Å². The molecule has 0 aliphatic carbocycles. The van der Waals surface area contributed by atoms with Crippen molar-refractivity contribution in [3.63, 3.8) is 0 Å². The van der Waals surface area contributed by atoms with Gasteiger partial charge in [0.05, 0.1) is 23.1 Å². The predicted octanol–water partition coefficient (Wildman–Crippen LogP) is 2.22. The van der Waals surface area contributed by atoms with E-state index in [1.807, 2.05) is 0 Å². The van der Waals surface area contributed by atoms with Crippen molar-refractivity contribution in [3.05, 3.63) is 54.1 Å². The number of pyridine rings is 1. The Morgan fingerprint density at radius 1 is 1.19 bits per heavy atom. The fraction of sp³-hybridized carbons (Fsp3) is 0.0667. The largest absolute Gasteiger partial charge is 0.505 e. The Labute approximate surface area is 149 Å². The predicted molar refractivity (Wildman–Crippen MR) is 88.1 cm³/mol. The van der Waals surface area contributed by atoms with Gasteiger partial charge in [0.25, 0.3) is 0 Å². The lowest BCUT2D eigenvalue weighted by atomic mass is 10.2. The molecule has 0 fully saturated rings. The van der Waals surface area contributed by atoms with E-state index in [2.05, 4.69) is 25.5 Å². The van der Waals surface area contributed by atoms with E-state index in [1.165, 1.54) is 35.4 Å². The van der Waals surface area contributed by atoms with E-state index in [0.717, 1.165) is 12.1 Å². The number of halogens is 3. The maximum Gasteiger partial charge on any atom is 0.416 e. The second kappa shape index (κ2) is 6.82. The summed E-state index contributed by atoms with van der Waals surface area (Å²) in [6.45, 7) is 0. The molecular formula is C15H12F3N7O2. The molecule has 12 heteroatoms. The molecule has 9 nitrogen and oxygen atoms in total. The summed E-state index contributed by atoms with van der Waals surface area (Å²) in [5.74, 6) is -0.575. The van der Waals surface area contributed by atoms with Gasteiger partial charge in [-0.1, -0.05) is 5.16 Å². The third kappa shape index (κ3) is 3.89. The number of amidine groups is 1. The number of hydrogen-bond acceptors (Lipinski definition) is 7. The van der Waals surface area contributed by atoms with Crippen molar-refractivity contribution in [1.29, 1.82) is 0 Å². The monoisotopic (exact) mass is 379 g/mol. The lowest BCUT2D eigenvalue weighted by Crippen LogP contribution is -2.15. The van der Waals surface area contributed by atoms with Crippen LogP contribution in [0.2, 0.25) is 0 Å². The highest BCUT2D eigenvalue weighted by Gasteiger charge is 2.30. The minimum absolute atomic E-state index is 0.105. The molecule has 3 rings (SSSR count). The average molecular weight is 379 g/mol. The number of anilines is 2. The molecule has 0 amide bonds. The van der Waals surface area contributed by atoms with Crippen LogP contribution in [0.25, 0.3) is 5.69 Å². The quantitative estimate of drug-likeness (QED) is 0.236. The highest BCUT2D eigenvalue weighted by molar-refractivity contribution is 5.97. The lowest BCUT2D eigenvalue weighted by Gasteiger charge is -2.07. The first kappa shape index (κ1) is 18.0. The number of nitrogens with one attached hydrogen (secondary N) is 1. The van der Waals surface area contributed by atoms with Gasteiger partial charge in [0.2, 0.25) is 5.95 Å². The molecule has 0 bridgehead atoms. The molecule has 2 aromatic heterocycles. The van der Waals surface area contributed by atoms with Crippen LogP contribution in [0.4, 0.5) is 24.8 Å². The Kier molecular flexibility index (Phi) is 4.54. The van der Waals surface area contributed by atoms with Crippen LogP contribution in [0.15, 0.2) is 48.0 Å². The van der Waals surface area contributed by atoms with Crippen LogP contribution >= 0.6 is 0 Å². The van der Waals surface area contributed by atoms with Crippen LogP contribution < -0.4 is 11.1 Å². The minimum Gasteiger partial charge on any atom is -0.505 e. The Bertz CT molecular complexity index is 984. The first-order valence-electron chi connectivity index (χ1n) is 7.31. The summed E-state index contributed by atoms with van der Waals surface area (Å²) in [7, 11) is 0. The van der Waals surface area contributed by atoms with Crippen LogP contribution in [-0.4, -0.2) is 35.9 Å². The van der Waals surface area contributed by atoms with Gasteiger partial charge < -0.3 is 21.4 Å². The maximum atomic E-state index is 12.6. The van der Waals surface area contributed by atoms with Crippen LogP contribution in [0, 0.1) is 0 Å². The number of alkyl halides is 3. The Balaban J connectivity index is 1.77. The second-order valence-electron chi connectivity index (χ2n) is 5.26. The van der Waals surface area contributed by atoms with Crippen molar-refractivity contribution >= 4 is 17.5 Å². The Morgan fingerprint density at radius 2 is 1.89 bits per heavy atom. The Hall–Kier alpha value is -3.83. The highest BCUT2D eigenvalue weighted by atomic mass is 19.4. The smallest absolute Gasteiger partial charge is 0.416 e. The Morgan fingerprint density at radius 3 is 2.48 bits per heavy atom. The molecular weight excluding hydrogens is 367 g/mol. The SMILES string of the molecule is N/C(=N\O)c1ncc(Nc2ncn(-c3ccc(C(F)(F)F)cc3)n2)cc1O. The number of benzene rings is 1. The third-order valence-corrected chi connectivity index (χ3v) is 3.43. The molecule has 5 N–H and O–H groups in total. The van der Waals surface area contributed by atoms with Crippen LogP contribution in [0.3, 0.4) is 0 Å². The molecule has 0 radical (unpaired) electrons. The summed E-state index contributed by atoms with van der Waals surface area (Å²) in [6.07, 6.45) is -1.81. The number of oxime groups is 1. The third-order valence-electron chi connectivity index (χ3n) is 3.43. The van der Waals surface area contributed by atoms with Crippen molar-refractivity contribution < 1.29 is 23.5 Å². The van der Waals surface area contributed by atoms with Gasteiger partial charge >= 0.3 is 6.18 Å². The van der Waals surface area contributed by atoms with E-state index in [4.69, 9.17) is 10.9 Å². The normalized spacial score (nSPS) is 12.2. The summed E-state index contributed by atoms with van der Waals surface area (Å²) in [5.41, 5.74) is 5.18. The van der Waals surface area contributed by atoms with Gasteiger partial charge in [-0.05, 0) is 24.3 Å². The first-order chi connectivity index (χ1) is 12.8. The average Bonchev–Trinajstić information content (AvgIpc) is 3.09. The van der Waals surface area contributed by atoms with Gasteiger partial charge in [0.1, 0.15) is 12.1 Å². The molecule has 0 saturated carbocycles. The molecule has 0 saturated heterocycles. The zero-order valence-electron chi connectivity index (χ0n) is 13.4. The second-order valence-corrected chi connectivity index (χ2v) is 5.26. The van der Waals surface area contributed by atoms with Gasteiger partial charge in [-0.25, -0.2) is 9.67 Å². The number of nitrogens with two attached hydrogens (primary N) is 1. The lowest BCUT2D eigenvalue weighted by molar-refractivity contribution is -0.137. The molecule has 0 atom stereocenters. The van der Waals surface area contributed by atoms with E-state index in [1.54, 1.807) is 0 Å². The topological polar surface area (TPSA) is 134 Å². The van der Waals surface area contributed by atoms with Gasteiger partial charge in [0, 0.05) is 6.07 Å². The number of nitrogens with zero attached hydrogens (tertiary/aromatic N) is 5. The van der Waals surface area contributed by atoms with Crippen LogP contribution in [0.5, 0.6) is 5.75 Å². The van der Waals surface area contributed by atoms with E-state index < -0.39 is 11.7 Å². The standard InChI is InChI=1S/C15H12F3N7O2/c16-15(17,18)8-1-3-10(4-2-8)25-7-21-14(23-25)22-9-5-11(26)12(20-6-9)13(19)24-27/h1-7,26-27H,(H2,19,24)(H,22,23). The summed E-state index contributed by atoms with van der Waals surface area (Å²) in [5, 5.41) is 28.0. The molecule has 0 unspecified atom stereocenters. The molecule has 140 valence electrons. The van der Waals surface area contributed by atoms with E-state index >= 15 is 0 Å². The van der Waals surface area contributed by atoms with Crippen molar-refractivity contribution in [2.45, 2.75) is 6.18 Å². The number of rotatable bonds is 4. The van der Waals surface area contributed by atoms with Gasteiger partial charge in [0.15, 0.2) is 11.5 Å². The summed E-state index contributed by atoms with van der Waals surface area (Å²) < 4.78 is 39.1. The van der Waals surface area contributed by atoms with Crippen molar-refractivity contribution in [2.75, 3.05) is 5.32 Å². The molecule has 27 heavy (non-hydrogen) atoms. The zero-order chi connectivity index (χ0) is 19.6. The molecule has 1 aromatic carbocycles. The van der Waals surface area contributed by atoms with Crippen molar-refractivity contribution in [2.24, 2.45) is 10.9 Å². The summed E-state index contributed by atoms with van der Waals surface area (Å²) in [4.78, 5) is 7.83. The summed E-state index contributed by atoms with van der Waals surface area (Å²) in [6, 6.07) is 5.68. The molecule has 3 aromatic rings. The number of hydrogen-bond donors (Lipinski definition) is 4. The molecule has 0 aliphatic heterocycles. The van der Waals surface area contributed by atoms with Crippen molar-refractivity contribution in [1.82, 2.24) is 19.7 Å². The van der Waals surface area contributed by atoms with Crippen LogP contribution in [0.1, 0.15) is 11.3 Å². The molecule has 0 aliphatic rings. The maximum absolute atomic E-state index is 12.6. The molecule has 2 heterocycles. The van der Waals surface area contributed by atoms with E-state index in [-0.39, 0.29) is 23.2 Å². The summed E-state index contributed by atoms with van der Waals surface area (Å²) >= 11 is 0. The number of aromatic nitrogens is 4. The fourth-order valence-electron chi connectivity index (χ4n) is 2.14. The highest BCUT2D eigenvalue weighted by Crippen LogP contribution is 2.29. The minimum atomic E-state index is -4.42.